The quantitative estimate of drug-likeness (QED) is 0.815. The lowest BCUT2D eigenvalue weighted by molar-refractivity contribution is -0.125. The number of amides is 2. The SMILES string of the molecule is O=C(CNC(=O)Cc1cccs1)NCCc1cccc(Cl)c1. The number of halogens is 1. The van der Waals surface area contributed by atoms with Gasteiger partial charge in [-0.2, -0.15) is 0 Å². The van der Waals surface area contributed by atoms with Gasteiger partial charge in [0.1, 0.15) is 0 Å². The maximum absolute atomic E-state index is 11.7. The van der Waals surface area contributed by atoms with Crippen LogP contribution >= 0.6 is 22.9 Å². The lowest BCUT2D eigenvalue weighted by atomic mass is 10.1. The number of carbonyl (C=O) groups excluding carboxylic acids is 2. The molecular formula is C16H17ClN2O2S. The van der Waals surface area contributed by atoms with Crippen molar-refractivity contribution >= 4 is 34.8 Å². The van der Waals surface area contributed by atoms with E-state index in [-0.39, 0.29) is 18.4 Å². The molecule has 2 N–H and O–H groups in total. The summed E-state index contributed by atoms with van der Waals surface area (Å²) in [6.45, 7) is 0.514. The maximum Gasteiger partial charge on any atom is 0.239 e. The van der Waals surface area contributed by atoms with Crippen LogP contribution in [-0.4, -0.2) is 24.9 Å². The van der Waals surface area contributed by atoms with Crippen molar-refractivity contribution in [3.05, 3.63) is 57.2 Å². The summed E-state index contributed by atoms with van der Waals surface area (Å²) in [6, 6.07) is 11.3. The zero-order valence-corrected chi connectivity index (χ0v) is 13.5. The van der Waals surface area contributed by atoms with E-state index in [0.29, 0.717) is 24.4 Å². The molecule has 0 unspecified atom stereocenters. The first-order valence-corrected chi connectivity index (χ1v) is 8.19. The van der Waals surface area contributed by atoms with Crippen LogP contribution < -0.4 is 10.6 Å². The molecule has 22 heavy (non-hydrogen) atoms. The van der Waals surface area contributed by atoms with Crippen LogP contribution in [0, 0.1) is 0 Å². The third kappa shape index (κ3) is 5.87. The Balaban J connectivity index is 1.62. The fourth-order valence-electron chi connectivity index (χ4n) is 1.91. The third-order valence-electron chi connectivity index (χ3n) is 2.99. The average molecular weight is 337 g/mol. The van der Waals surface area contributed by atoms with Crippen LogP contribution in [0.4, 0.5) is 0 Å². The number of hydrogen-bond acceptors (Lipinski definition) is 3. The largest absolute Gasteiger partial charge is 0.354 e. The molecule has 0 aliphatic carbocycles. The first kappa shape index (κ1) is 16.5. The molecule has 0 aliphatic rings. The molecule has 116 valence electrons. The summed E-state index contributed by atoms with van der Waals surface area (Å²) in [7, 11) is 0. The van der Waals surface area contributed by atoms with Gasteiger partial charge in [0.25, 0.3) is 0 Å². The van der Waals surface area contributed by atoms with E-state index in [2.05, 4.69) is 10.6 Å². The van der Waals surface area contributed by atoms with Gasteiger partial charge in [-0.3, -0.25) is 9.59 Å². The van der Waals surface area contributed by atoms with Crippen molar-refractivity contribution in [1.29, 1.82) is 0 Å². The number of nitrogens with one attached hydrogen (secondary N) is 2. The minimum Gasteiger partial charge on any atom is -0.354 e. The zero-order chi connectivity index (χ0) is 15.8. The van der Waals surface area contributed by atoms with E-state index in [1.54, 1.807) is 0 Å². The second-order valence-corrected chi connectivity index (χ2v) is 6.23. The highest BCUT2D eigenvalue weighted by atomic mass is 35.5. The molecule has 0 bridgehead atoms. The summed E-state index contributed by atoms with van der Waals surface area (Å²) in [5.41, 5.74) is 1.06. The molecule has 0 saturated heterocycles. The van der Waals surface area contributed by atoms with Crippen molar-refractivity contribution in [2.75, 3.05) is 13.1 Å². The Bertz CT molecular complexity index is 629. The second-order valence-electron chi connectivity index (χ2n) is 4.76. The zero-order valence-electron chi connectivity index (χ0n) is 12.0. The van der Waals surface area contributed by atoms with Crippen LogP contribution in [-0.2, 0) is 22.4 Å². The summed E-state index contributed by atoms with van der Waals surface area (Å²) in [4.78, 5) is 24.3. The molecule has 1 heterocycles. The van der Waals surface area contributed by atoms with Gasteiger partial charge in [0.2, 0.25) is 11.8 Å². The average Bonchev–Trinajstić information content (AvgIpc) is 2.98. The van der Waals surface area contributed by atoms with Crippen LogP contribution in [0.15, 0.2) is 41.8 Å². The normalized spacial score (nSPS) is 10.2. The molecule has 0 radical (unpaired) electrons. The van der Waals surface area contributed by atoms with Gasteiger partial charge in [-0.15, -0.1) is 11.3 Å². The number of carbonyl (C=O) groups is 2. The van der Waals surface area contributed by atoms with Crippen molar-refractivity contribution in [2.45, 2.75) is 12.8 Å². The highest BCUT2D eigenvalue weighted by molar-refractivity contribution is 7.10. The Morgan fingerprint density at radius 2 is 1.95 bits per heavy atom. The predicted octanol–water partition coefficient (Wildman–Crippen LogP) is 2.42. The molecule has 2 rings (SSSR count). The van der Waals surface area contributed by atoms with E-state index in [4.69, 9.17) is 11.6 Å². The van der Waals surface area contributed by atoms with Crippen molar-refractivity contribution in [2.24, 2.45) is 0 Å². The molecular weight excluding hydrogens is 320 g/mol. The molecule has 0 fully saturated rings. The topological polar surface area (TPSA) is 58.2 Å². The Hall–Kier alpha value is -1.85. The van der Waals surface area contributed by atoms with Crippen molar-refractivity contribution in [3.63, 3.8) is 0 Å². The highest BCUT2D eigenvalue weighted by Gasteiger charge is 2.06. The Morgan fingerprint density at radius 1 is 1.09 bits per heavy atom. The minimum absolute atomic E-state index is 0.000244. The third-order valence-corrected chi connectivity index (χ3v) is 4.10. The van der Waals surface area contributed by atoms with Crippen molar-refractivity contribution < 1.29 is 9.59 Å². The van der Waals surface area contributed by atoms with Crippen LogP contribution in [0.3, 0.4) is 0 Å². The summed E-state index contributed by atoms with van der Waals surface area (Å²) < 4.78 is 0. The molecule has 0 saturated carbocycles. The molecule has 1 aromatic heterocycles. The lowest BCUT2D eigenvalue weighted by Gasteiger charge is -2.07. The van der Waals surface area contributed by atoms with E-state index in [9.17, 15) is 9.59 Å². The maximum atomic E-state index is 11.7. The fraction of sp³-hybridized carbons (Fsp3) is 0.250. The van der Waals surface area contributed by atoms with Crippen molar-refractivity contribution in [3.8, 4) is 0 Å². The van der Waals surface area contributed by atoms with E-state index >= 15 is 0 Å². The van der Waals surface area contributed by atoms with E-state index < -0.39 is 0 Å². The molecule has 0 spiro atoms. The summed E-state index contributed by atoms with van der Waals surface area (Å²) >= 11 is 7.42. The number of thiophene rings is 1. The number of rotatable bonds is 7. The Kier molecular flexibility index (Phi) is 6.43. The number of hydrogen-bond donors (Lipinski definition) is 2. The predicted molar refractivity (Wildman–Crippen MR) is 89.2 cm³/mol. The van der Waals surface area contributed by atoms with Crippen LogP contribution in [0.1, 0.15) is 10.4 Å². The van der Waals surface area contributed by atoms with Gasteiger partial charge < -0.3 is 10.6 Å². The highest BCUT2D eigenvalue weighted by Crippen LogP contribution is 2.10. The molecule has 1 aromatic carbocycles. The van der Waals surface area contributed by atoms with Crippen LogP contribution in [0.5, 0.6) is 0 Å². The molecule has 2 amide bonds. The standard InChI is InChI=1S/C16H17ClN2O2S/c17-13-4-1-3-12(9-13)6-7-18-16(21)11-19-15(20)10-14-5-2-8-22-14/h1-5,8-9H,6-7,10-11H2,(H,18,21)(H,19,20). The fourth-order valence-corrected chi connectivity index (χ4v) is 2.83. The first-order valence-electron chi connectivity index (χ1n) is 6.94. The van der Waals surface area contributed by atoms with Crippen LogP contribution in [0.25, 0.3) is 0 Å². The molecule has 0 aliphatic heterocycles. The molecule has 0 atom stereocenters. The summed E-state index contributed by atoms with van der Waals surface area (Å²) in [5.74, 6) is -0.339. The van der Waals surface area contributed by atoms with Gasteiger partial charge in [0.15, 0.2) is 0 Å². The van der Waals surface area contributed by atoms with Gasteiger partial charge >= 0.3 is 0 Å². The first-order chi connectivity index (χ1) is 10.6. The van der Waals surface area contributed by atoms with Crippen molar-refractivity contribution in [1.82, 2.24) is 10.6 Å². The Labute approximate surface area is 138 Å². The smallest absolute Gasteiger partial charge is 0.239 e. The summed E-state index contributed by atoms with van der Waals surface area (Å²) in [6.07, 6.45) is 1.02. The van der Waals surface area contributed by atoms with Crippen LogP contribution in [0.2, 0.25) is 5.02 Å². The second kappa shape index (κ2) is 8.56. The summed E-state index contributed by atoms with van der Waals surface area (Å²) in [5, 5.41) is 7.99. The number of benzene rings is 1. The Morgan fingerprint density at radius 3 is 2.68 bits per heavy atom. The van der Waals surface area contributed by atoms with Gasteiger partial charge in [-0.1, -0.05) is 29.8 Å². The van der Waals surface area contributed by atoms with E-state index in [1.807, 2.05) is 41.8 Å². The van der Waals surface area contributed by atoms with Gasteiger partial charge in [0.05, 0.1) is 13.0 Å². The van der Waals surface area contributed by atoms with Gasteiger partial charge in [0, 0.05) is 16.4 Å². The monoisotopic (exact) mass is 336 g/mol. The van der Waals surface area contributed by atoms with E-state index in [0.717, 1.165) is 10.4 Å². The van der Waals surface area contributed by atoms with Gasteiger partial charge in [-0.25, -0.2) is 0 Å². The lowest BCUT2D eigenvalue weighted by Crippen LogP contribution is -2.38. The van der Waals surface area contributed by atoms with E-state index in [1.165, 1.54) is 11.3 Å². The molecule has 4 nitrogen and oxygen atoms in total. The van der Waals surface area contributed by atoms with Gasteiger partial charge in [-0.05, 0) is 35.6 Å². The minimum atomic E-state index is -0.193. The molecule has 2 aromatic rings. The molecule has 6 heteroatoms.